The first-order chi connectivity index (χ1) is 15.7. The highest BCUT2D eigenvalue weighted by atomic mass is 16.2. The van der Waals surface area contributed by atoms with Gasteiger partial charge in [-0.2, -0.15) is 0 Å². The molecule has 0 unspecified atom stereocenters. The molecule has 1 aliphatic heterocycles. The summed E-state index contributed by atoms with van der Waals surface area (Å²) in [6, 6.07) is 9.93. The van der Waals surface area contributed by atoms with E-state index in [9.17, 15) is 14.4 Å². The van der Waals surface area contributed by atoms with E-state index in [0.717, 1.165) is 49.8 Å². The minimum absolute atomic E-state index is 0.0557. The molecule has 2 saturated carbocycles. The van der Waals surface area contributed by atoms with Crippen molar-refractivity contribution in [2.45, 2.75) is 89.5 Å². The Balaban J connectivity index is 1.36. The van der Waals surface area contributed by atoms with Crippen molar-refractivity contribution in [3.63, 3.8) is 0 Å². The Hall–Kier alpha value is -2.37. The average molecular weight is 454 g/mol. The van der Waals surface area contributed by atoms with E-state index < -0.39 is 11.6 Å². The summed E-state index contributed by atoms with van der Waals surface area (Å²) < 4.78 is 0. The number of amides is 4. The molecule has 6 nitrogen and oxygen atoms in total. The summed E-state index contributed by atoms with van der Waals surface area (Å²) in [4.78, 5) is 39.9. The van der Waals surface area contributed by atoms with Crippen LogP contribution in [0.4, 0.5) is 4.79 Å². The average Bonchev–Trinajstić information content (AvgIpc) is 3.39. The molecule has 0 radical (unpaired) electrons. The highest BCUT2D eigenvalue weighted by Crippen LogP contribution is 2.45. The number of benzene rings is 1. The van der Waals surface area contributed by atoms with Crippen LogP contribution in [0.3, 0.4) is 0 Å². The first-order valence-corrected chi connectivity index (χ1v) is 12.7. The highest BCUT2D eigenvalue weighted by molar-refractivity contribution is 6.09. The Kier molecular flexibility index (Phi) is 6.56. The molecule has 1 spiro atoms. The molecular weight excluding hydrogens is 414 g/mol. The predicted octanol–water partition coefficient (Wildman–Crippen LogP) is 4.53. The summed E-state index contributed by atoms with van der Waals surface area (Å²) >= 11 is 0. The Morgan fingerprint density at radius 3 is 2.33 bits per heavy atom. The van der Waals surface area contributed by atoms with E-state index in [1.807, 2.05) is 18.2 Å². The molecule has 2 aliphatic carbocycles. The molecule has 3 fully saturated rings. The number of carbonyl (C=O) groups is 3. The monoisotopic (exact) mass is 453 g/mol. The van der Waals surface area contributed by atoms with Crippen molar-refractivity contribution in [2.75, 3.05) is 13.1 Å². The van der Waals surface area contributed by atoms with Gasteiger partial charge in [0, 0.05) is 12.0 Å². The van der Waals surface area contributed by atoms with Crippen LogP contribution in [0.5, 0.6) is 0 Å². The lowest BCUT2D eigenvalue weighted by atomic mass is 9.65. The molecule has 1 aromatic carbocycles. The molecule has 3 aliphatic rings. The van der Waals surface area contributed by atoms with Crippen LogP contribution in [0, 0.1) is 11.3 Å². The Labute approximate surface area is 197 Å². The van der Waals surface area contributed by atoms with Crippen LogP contribution in [-0.2, 0) is 15.0 Å². The number of urea groups is 1. The smallest absolute Gasteiger partial charge is 0.325 e. The minimum atomic E-state index is -0.825. The molecule has 0 bridgehead atoms. The van der Waals surface area contributed by atoms with E-state index in [4.69, 9.17) is 0 Å². The fourth-order valence-electron chi connectivity index (χ4n) is 6.22. The molecule has 0 atom stereocenters. The number of imide groups is 1. The van der Waals surface area contributed by atoms with Crippen molar-refractivity contribution in [2.24, 2.45) is 11.3 Å². The van der Waals surface area contributed by atoms with Crippen molar-refractivity contribution in [1.82, 2.24) is 15.5 Å². The number of nitrogens with one attached hydrogen (secondary N) is 2. The molecule has 180 valence electrons. The second-order valence-electron chi connectivity index (χ2n) is 11.2. The van der Waals surface area contributed by atoms with E-state index >= 15 is 0 Å². The standard InChI is InChI=1S/C27H39N3O3/c1-4-25(2,3)20-12-16-27(17-13-20)23(32)30(24(33)29-27)18-22(31)28-19-26(14-8-9-15-26)21-10-6-5-7-11-21/h5-7,10-11,20H,4,8-9,12-19H2,1-3H3,(H,28,31)(H,29,33). The number of nitrogens with zero attached hydrogens (tertiary/aromatic N) is 1. The third-order valence-electron chi connectivity index (χ3n) is 8.97. The second-order valence-corrected chi connectivity index (χ2v) is 11.2. The van der Waals surface area contributed by atoms with Gasteiger partial charge in [-0.3, -0.25) is 14.5 Å². The van der Waals surface area contributed by atoms with Gasteiger partial charge in [0.05, 0.1) is 0 Å². The minimum Gasteiger partial charge on any atom is -0.354 e. The van der Waals surface area contributed by atoms with Gasteiger partial charge in [-0.15, -0.1) is 0 Å². The SMILES string of the molecule is CCC(C)(C)C1CCC2(CC1)NC(=O)N(CC(=O)NCC1(c3ccccc3)CCCC1)C2=O. The van der Waals surface area contributed by atoms with Gasteiger partial charge in [0.25, 0.3) is 5.91 Å². The summed E-state index contributed by atoms with van der Waals surface area (Å²) in [5, 5.41) is 6.00. The predicted molar refractivity (Wildman–Crippen MR) is 129 cm³/mol. The lowest BCUT2D eigenvalue weighted by Gasteiger charge is -2.42. The number of hydrogen-bond acceptors (Lipinski definition) is 3. The zero-order chi connectivity index (χ0) is 23.7. The van der Waals surface area contributed by atoms with Crippen LogP contribution in [0.1, 0.15) is 84.1 Å². The van der Waals surface area contributed by atoms with Gasteiger partial charge < -0.3 is 10.6 Å². The molecule has 2 N–H and O–H groups in total. The van der Waals surface area contributed by atoms with E-state index in [-0.39, 0.29) is 29.2 Å². The van der Waals surface area contributed by atoms with Crippen molar-refractivity contribution >= 4 is 17.8 Å². The second kappa shape index (κ2) is 9.11. The van der Waals surface area contributed by atoms with Crippen LogP contribution in [0.25, 0.3) is 0 Å². The van der Waals surface area contributed by atoms with Crippen molar-refractivity contribution in [3.05, 3.63) is 35.9 Å². The summed E-state index contributed by atoms with van der Waals surface area (Å²) in [6.07, 6.45) is 8.63. The van der Waals surface area contributed by atoms with E-state index in [2.05, 4.69) is 43.5 Å². The van der Waals surface area contributed by atoms with E-state index in [0.29, 0.717) is 25.3 Å². The van der Waals surface area contributed by atoms with Crippen molar-refractivity contribution in [3.8, 4) is 0 Å². The molecule has 1 saturated heterocycles. The van der Waals surface area contributed by atoms with Crippen LogP contribution >= 0.6 is 0 Å². The molecule has 1 aromatic rings. The third-order valence-corrected chi connectivity index (χ3v) is 8.97. The molecule has 4 rings (SSSR count). The number of hydrogen-bond donors (Lipinski definition) is 2. The zero-order valence-corrected chi connectivity index (χ0v) is 20.4. The van der Waals surface area contributed by atoms with Gasteiger partial charge >= 0.3 is 6.03 Å². The number of carbonyl (C=O) groups excluding carboxylic acids is 3. The normalized spacial score (nSPS) is 27.1. The van der Waals surface area contributed by atoms with Crippen LogP contribution in [-0.4, -0.2) is 41.4 Å². The summed E-state index contributed by atoms with van der Waals surface area (Å²) in [5.74, 6) is 0.0587. The quantitative estimate of drug-likeness (QED) is 0.595. The van der Waals surface area contributed by atoms with Crippen molar-refractivity contribution < 1.29 is 14.4 Å². The van der Waals surface area contributed by atoms with Gasteiger partial charge in [0.2, 0.25) is 5.91 Å². The first kappa shape index (κ1) is 23.8. The maximum Gasteiger partial charge on any atom is 0.325 e. The fourth-order valence-corrected chi connectivity index (χ4v) is 6.22. The van der Waals surface area contributed by atoms with E-state index in [1.54, 1.807) is 0 Å². The Morgan fingerprint density at radius 1 is 1.09 bits per heavy atom. The number of rotatable bonds is 7. The summed E-state index contributed by atoms with van der Waals surface area (Å²) in [6.45, 7) is 7.11. The largest absolute Gasteiger partial charge is 0.354 e. The van der Waals surface area contributed by atoms with Gasteiger partial charge in [-0.05, 0) is 55.4 Å². The summed E-state index contributed by atoms with van der Waals surface area (Å²) in [7, 11) is 0. The molecule has 4 amide bonds. The maximum absolute atomic E-state index is 13.3. The third kappa shape index (κ3) is 4.53. The lowest BCUT2D eigenvalue weighted by Crippen LogP contribution is -2.51. The van der Waals surface area contributed by atoms with Gasteiger partial charge in [-0.1, -0.05) is 70.4 Å². The van der Waals surface area contributed by atoms with Gasteiger partial charge in [0.1, 0.15) is 12.1 Å². The molecule has 6 heteroatoms. The molecular formula is C27H39N3O3. The van der Waals surface area contributed by atoms with Gasteiger partial charge in [0.15, 0.2) is 0 Å². The molecule has 1 heterocycles. The zero-order valence-electron chi connectivity index (χ0n) is 20.4. The van der Waals surface area contributed by atoms with Crippen LogP contribution in [0.2, 0.25) is 0 Å². The van der Waals surface area contributed by atoms with Gasteiger partial charge in [-0.25, -0.2) is 4.79 Å². The van der Waals surface area contributed by atoms with E-state index in [1.165, 1.54) is 5.56 Å². The highest BCUT2D eigenvalue weighted by Gasteiger charge is 2.53. The Bertz CT molecular complexity index is 881. The molecule has 0 aromatic heterocycles. The summed E-state index contributed by atoms with van der Waals surface area (Å²) in [5.41, 5.74) is 0.610. The molecule has 33 heavy (non-hydrogen) atoms. The van der Waals surface area contributed by atoms with Crippen molar-refractivity contribution in [1.29, 1.82) is 0 Å². The lowest BCUT2D eigenvalue weighted by molar-refractivity contribution is -0.136. The van der Waals surface area contributed by atoms with Crippen LogP contribution in [0.15, 0.2) is 30.3 Å². The topological polar surface area (TPSA) is 78.5 Å². The fraction of sp³-hybridized carbons (Fsp3) is 0.667. The van der Waals surface area contributed by atoms with Crippen LogP contribution < -0.4 is 10.6 Å². The first-order valence-electron chi connectivity index (χ1n) is 12.7. The maximum atomic E-state index is 13.3. The Morgan fingerprint density at radius 2 is 1.73 bits per heavy atom.